The molecule has 1 N–H and O–H groups in total. The highest BCUT2D eigenvalue weighted by Gasteiger charge is 2.26. The van der Waals surface area contributed by atoms with Crippen LogP contribution < -0.4 is 0 Å². The number of aryl methyl sites for hydroxylation is 2. The van der Waals surface area contributed by atoms with Crippen LogP contribution >= 0.6 is 0 Å². The summed E-state index contributed by atoms with van der Waals surface area (Å²) in [6, 6.07) is 5.78. The van der Waals surface area contributed by atoms with Crippen LogP contribution in [0.5, 0.6) is 0 Å². The Balaban J connectivity index is 1.40. The van der Waals surface area contributed by atoms with Crippen LogP contribution in [-0.2, 0) is 16.0 Å². The predicted octanol–water partition coefficient (Wildman–Crippen LogP) is 1.70. The van der Waals surface area contributed by atoms with Gasteiger partial charge in [0.2, 0.25) is 11.8 Å². The van der Waals surface area contributed by atoms with Crippen LogP contribution in [0.15, 0.2) is 35.1 Å². The quantitative estimate of drug-likeness (QED) is 0.730. The topological polar surface area (TPSA) is 110 Å². The number of morpholine rings is 1. The molecule has 3 aromatic heterocycles. The summed E-state index contributed by atoms with van der Waals surface area (Å²) in [4.78, 5) is 23.2. The number of aromatic amines is 1. The first-order valence-electron chi connectivity index (χ1n) is 8.84. The maximum atomic E-state index is 12.6. The number of carbonyl (C=O) groups excluding carboxylic acids is 1. The lowest BCUT2D eigenvalue weighted by molar-refractivity contribution is -0.139. The summed E-state index contributed by atoms with van der Waals surface area (Å²) in [5.41, 5.74) is 2.54. The Morgan fingerprint density at radius 3 is 3.07 bits per heavy atom. The molecular weight excluding hydrogens is 348 g/mol. The number of carbonyl (C=O) groups is 1. The van der Waals surface area contributed by atoms with E-state index in [1.807, 2.05) is 23.1 Å². The maximum Gasteiger partial charge on any atom is 0.227 e. The number of nitrogens with zero attached hydrogens (tertiary/aromatic N) is 5. The molecule has 0 bridgehead atoms. The van der Waals surface area contributed by atoms with Gasteiger partial charge >= 0.3 is 0 Å². The number of ether oxygens (including phenoxy) is 1. The highest BCUT2D eigenvalue weighted by molar-refractivity contribution is 5.76. The van der Waals surface area contributed by atoms with E-state index in [0.29, 0.717) is 44.3 Å². The molecule has 9 heteroatoms. The van der Waals surface area contributed by atoms with Gasteiger partial charge in [-0.15, -0.1) is 0 Å². The first-order chi connectivity index (χ1) is 13.2. The second kappa shape index (κ2) is 7.67. The average Bonchev–Trinajstić information content (AvgIpc) is 3.38. The SMILES string of the molecule is Cc1noc(CCC(=O)N2CCO[C@@H](c3cccc(-c4cn[nH]c4)n3)C2)n1. The van der Waals surface area contributed by atoms with Crippen molar-refractivity contribution in [1.82, 2.24) is 30.2 Å². The van der Waals surface area contributed by atoms with E-state index in [2.05, 4.69) is 25.3 Å². The highest BCUT2D eigenvalue weighted by Crippen LogP contribution is 2.24. The first kappa shape index (κ1) is 17.3. The molecule has 0 aliphatic carbocycles. The van der Waals surface area contributed by atoms with Crippen molar-refractivity contribution in [3.05, 3.63) is 48.0 Å². The second-order valence-corrected chi connectivity index (χ2v) is 6.37. The Morgan fingerprint density at radius 2 is 2.30 bits per heavy atom. The van der Waals surface area contributed by atoms with E-state index in [-0.39, 0.29) is 12.0 Å². The van der Waals surface area contributed by atoms with E-state index in [1.54, 1.807) is 19.3 Å². The van der Waals surface area contributed by atoms with Crippen LogP contribution in [-0.4, -0.2) is 55.8 Å². The van der Waals surface area contributed by atoms with Crippen LogP contribution in [0.4, 0.5) is 0 Å². The number of hydrogen-bond acceptors (Lipinski definition) is 7. The predicted molar refractivity (Wildman–Crippen MR) is 94.4 cm³/mol. The summed E-state index contributed by atoms with van der Waals surface area (Å²) in [5.74, 6) is 1.11. The largest absolute Gasteiger partial charge is 0.368 e. The lowest BCUT2D eigenvalue weighted by Gasteiger charge is -2.32. The molecule has 1 atom stereocenters. The minimum Gasteiger partial charge on any atom is -0.368 e. The number of H-pyrrole nitrogens is 1. The van der Waals surface area contributed by atoms with Crippen LogP contribution in [0.25, 0.3) is 11.3 Å². The van der Waals surface area contributed by atoms with Crippen molar-refractivity contribution in [3.8, 4) is 11.3 Å². The Hall–Kier alpha value is -3.07. The van der Waals surface area contributed by atoms with Crippen LogP contribution in [0.2, 0.25) is 0 Å². The van der Waals surface area contributed by atoms with Gasteiger partial charge in [0.25, 0.3) is 0 Å². The lowest BCUT2D eigenvalue weighted by Crippen LogP contribution is -2.42. The molecule has 4 rings (SSSR count). The molecule has 0 radical (unpaired) electrons. The van der Waals surface area contributed by atoms with Gasteiger partial charge in [0.1, 0.15) is 6.10 Å². The zero-order valence-electron chi connectivity index (χ0n) is 15.0. The number of pyridine rings is 1. The van der Waals surface area contributed by atoms with Gasteiger partial charge < -0.3 is 14.2 Å². The molecule has 140 valence electrons. The monoisotopic (exact) mass is 368 g/mol. The smallest absolute Gasteiger partial charge is 0.227 e. The molecule has 27 heavy (non-hydrogen) atoms. The molecule has 1 fully saturated rings. The van der Waals surface area contributed by atoms with E-state index in [9.17, 15) is 4.79 Å². The molecule has 4 heterocycles. The summed E-state index contributed by atoms with van der Waals surface area (Å²) >= 11 is 0. The molecule has 1 aliphatic rings. The standard InChI is InChI=1S/C18H20N6O3/c1-12-21-17(27-23-12)5-6-18(25)24-7-8-26-16(11-24)15-4-2-3-14(22-15)13-9-19-20-10-13/h2-4,9-10,16H,5-8,11H2,1H3,(H,19,20)/t16-/m1/s1. The summed E-state index contributed by atoms with van der Waals surface area (Å²) in [6.07, 6.45) is 4.04. The molecule has 1 saturated heterocycles. The van der Waals surface area contributed by atoms with Gasteiger partial charge in [-0.05, 0) is 19.1 Å². The molecule has 0 aromatic carbocycles. The number of hydrogen-bond donors (Lipinski definition) is 1. The number of rotatable bonds is 5. The molecule has 0 spiro atoms. The minimum absolute atomic E-state index is 0.0464. The van der Waals surface area contributed by atoms with Gasteiger partial charge in [-0.2, -0.15) is 10.1 Å². The van der Waals surface area contributed by atoms with Gasteiger partial charge in [0.05, 0.1) is 30.7 Å². The molecule has 0 saturated carbocycles. The molecule has 1 amide bonds. The van der Waals surface area contributed by atoms with Crippen LogP contribution in [0.1, 0.15) is 29.9 Å². The van der Waals surface area contributed by atoms with Crippen molar-refractivity contribution in [2.24, 2.45) is 0 Å². The Bertz CT molecular complexity index is 907. The third-order valence-electron chi connectivity index (χ3n) is 4.44. The van der Waals surface area contributed by atoms with Crippen LogP contribution in [0, 0.1) is 6.92 Å². The molecule has 9 nitrogen and oxygen atoms in total. The lowest BCUT2D eigenvalue weighted by atomic mass is 10.1. The van der Waals surface area contributed by atoms with Crippen molar-refractivity contribution in [2.75, 3.05) is 19.7 Å². The molecule has 1 aliphatic heterocycles. The summed E-state index contributed by atoms with van der Waals surface area (Å²) in [6.45, 7) is 3.28. The van der Waals surface area contributed by atoms with Gasteiger partial charge in [-0.25, -0.2) is 4.98 Å². The number of nitrogens with one attached hydrogen (secondary N) is 1. The molecule has 3 aromatic rings. The third-order valence-corrected chi connectivity index (χ3v) is 4.44. The summed E-state index contributed by atoms with van der Waals surface area (Å²) < 4.78 is 10.9. The Labute approximate surface area is 155 Å². The van der Waals surface area contributed by atoms with E-state index >= 15 is 0 Å². The molecule has 0 unspecified atom stereocenters. The highest BCUT2D eigenvalue weighted by atomic mass is 16.5. The van der Waals surface area contributed by atoms with E-state index < -0.39 is 0 Å². The summed E-state index contributed by atoms with van der Waals surface area (Å²) in [5, 5.41) is 10.5. The fourth-order valence-corrected chi connectivity index (χ4v) is 3.05. The normalized spacial score (nSPS) is 17.2. The third kappa shape index (κ3) is 4.03. The van der Waals surface area contributed by atoms with E-state index in [1.165, 1.54) is 0 Å². The van der Waals surface area contributed by atoms with Crippen molar-refractivity contribution in [3.63, 3.8) is 0 Å². The van der Waals surface area contributed by atoms with Gasteiger partial charge in [0, 0.05) is 31.1 Å². The summed E-state index contributed by atoms with van der Waals surface area (Å²) in [7, 11) is 0. The molecular formula is C18H20N6O3. The van der Waals surface area contributed by atoms with Gasteiger partial charge in [0.15, 0.2) is 5.82 Å². The van der Waals surface area contributed by atoms with Crippen LogP contribution in [0.3, 0.4) is 0 Å². The van der Waals surface area contributed by atoms with Crippen molar-refractivity contribution < 1.29 is 14.1 Å². The van der Waals surface area contributed by atoms with E-state index in [0.717, 1.165) is 17.0 Å². The fourth-order valence-electron chi connectivity index (χ4n) is 3.05. The van der Waals surface area contributed by atoms with Gasteiger partial charge in [-0.1, -0.05) is 11.2 Å². The van der Waals surface area contributed by atoms with Gasteiger partial charge in [-0.3, -0.25) is 9.89 Å². The zero-order chi connectivity index (χ0) is 18.6. The minimum atomic E-state index is -0.250. The Morgan fingerprint density at radius 1 is 1.37 bits per heavy atom. The van der Waals surface area contributed by atoms with E-state index in [4.69, 9.17) is 9.26 Å². The van der Waals surface area contributed by atoms with Crippen molar-refractivity contribution in [1.29, 1.82) is 0 Å². The second-order valence-electron chi connectivity index (χ2n) is 6.37. The fraction of sp³-hybridized carbons (Fsp3) is 0.389. The maximum absolute atomic E-state index is 12.6. The Kier molecular flexibility index (Phi) is 4.93. The first-order valence-corrected chi connectivity index (χ1v) is 8.84. The number of amides is 1. The average molecular weight is 368 g/mol. The zero-order valence-corrected chi connectivity index (χ0v) is 15.0. The number of aromatic nitrogens is 5. The van der Waals surface area contributed by atoms with Crippen molar-refractivity contribution >= 4 is 5.91 Å². The van der Waals surface area contributed by atoms with Crippen molar-refractivity contribution in [2.45, 2.75) is 25.9 Å².